The number of benzene rings is 1. The smallest absolute Gasteiger partial charge is 0.373 e. The van der Waals surface area contributed by atoms with E-state index in [4.69, 9.17) is 4.74 Å². The normalized spacial score (nSPS) is 24.0. The Hall–Kier alpha value is -3.29. The van der Waals surface area contributed by atoms with Gasteiger partial charge >= 0.3 is 11.6 Å². The zero-order chi connectivity index (χ0) is 22.7. The van der Waals surface area contributed by atoms with Crippen LogP contribution in [0.25, 0.3) is 10.9 Å². The van der Waals surface area contributed by atoms with Crippen LogP contribution in [0, 0.1) is 27.9 Å². The van der Waals surface area contributed by atoms with Crippen LogP contribution < -0.4 is 9.64 Å². The molecular weight excluding hydrogens is 406 g/mol. The molecule has 0 amide bonds. The third-order valence-electron chi connectivity index (χ3n) is 6.67. The molecule has 2 fully saturated rings. The summed E-state index contributed by atoms with van der Waals surface area (Å²) in [6, 6.07) is 9.62. The summed E-state index contributed by atoms with van der Waals surface area (Å²) in [6.45, 7) is 9.47. The molecule has 2 unspecified atom stereocenters. The molecule has 1 aliphatic carbocycles. The van der Waals surface area contributed by atoms with E-state index >= 15 is 0 Å². The lowest BCUT2D eigenvalue weighted by molar-refractivity contribution is -0.385. The second-order valence-electron chi connectivity index (χ2n) is 10.3. The predicted molar refractivity (Wildman–Crippen MR) is 122 cm³/mol. The molecule has 8 nitrogen and oxygen atoms in total. The Morgan fingerprint density at radius 1 is 1.16 bits per heavy atom. The van der Waals surface area contributed by atoms with Gasteiger partial charge in [-0.1, -0.05) is 39.0 Å². The first-order valence-electron chi connectivity index (χ1n) is 10.9. The summed E-state index contributed by atoms with van der Waals surface area (Å²) in [7, 11) is 0. The molecule has 0 radical (unpaired) electrons. The number of fused-ring (bicyclic) bond motifs is 3. The molecule has 3 aromatic rings. The number of pyridine rings is 1. The highest BCUT2D eigenvalue weighted by atomic mass is 16.6. The summed E-state index contributed by atoms with van der Waals surface area (Å²) in [5.41, 5.74) is 1.61. The lowest BCUT2D eigenvalue weighted by Crippen LogP contribution is -2.35. The molecule has 8 heteroatoms. The number of nitrogens with zero attached hydrogens (tertiary/aromatic N) is 5. The number of aryl methyl sites for hydroxylation is 1. The summed E-state index contributed by atoms with van der Waals surface area (Å²) in [6.07, 6.45) is 4.44. The molecule has 2 aliphatic rings. The van der Waals surface area contributed by atoms with Gasteiger partial charge in [0.05, 0.1) is 4.92 Å². The lowest BCUT2D eigenvalue weighted by Gasteiger charge is -2.39. The molecular formula is C24H27N5O3. The molecule has 3 heterocycles. The maximum absolute atomic E-state index is 12.2. The van der Waals surface area contributed by atoms with Crippen molar-refractivity contribution in [2.45, 2.75) is 53.0 Å². The van der Waals surface area contributed by atoms with E-state index in [1.807, 2.05) is 31.2 Å². The summed E-state index contributed by atoms with van der Waals surface area (Å²) in [5.74, 6) is 0.727. The van der Waals surface area contributed by atoms with Crippen LogP contribution in [0.2, 0.25) is 0 Å². The molecule has 2 aromatic heterocycles. The van der Waals surface area contributed by atoms with Gasteiger partial charge in [0.25, 0.3) is 0 Å². The molecule has 1 saturated heterocycles. The van der Waals surface area contributed by atoms with E-state index in [-0.39, 0.29) is 28.4 Å². The van der Waals surface area contributed by atoms with Gasteiger partial charge in [0.1, 0.15) is 11.8 Å². The number of nitro groups is 1. The number of hydrogen-bond acceptors (Lipinski definition) is 7. The Morgan fingerprint density at radius 3 is 2.75 bits per heavy atom. The molecule has 1 aliphatic heterocycles. The van der Waals surface area contributed by atoms with Gasteiger partial charge in [0.2, 0.25) is 5.82 Å². The zero-order valence-electron chi connectivity index (χ0n) is 18.8. The number of aromatic nitrogens is 3. The van der Waals surface area contributed by atoms with Gasteiger partial charge in [0, 0.05) is 23.7 Å². The Bertz CT molecular complexity index is 1230. The second kappa shape index (κ2) is 7.12. The molecule has 1 aromatic carbocycles. The summed E-state index contributed by atoms with van der Waals surface area (Å²) < 4.78 is 6.03. The van der Waals surface area contributed by atoms with E-state index in [1.54, 1.807) is 6.07 Å². The highest BCUT2D eigenvalue weighted by Gasteiger charge is 2.51. The maximum Gasteiger partial charge on any atom is 0.373 e. The summed E-state index contributed by atoms with van der Waals surface area (Å²) in [5, 5.41) is 13.1. The average Bonchev–Trinajstić information content (AvgIpc) is 2.96. The minimum absolute atomic E-state index is 0.0540. The highest BCUT2D eigenvalue weighted by Crippen LogP contribution is 2.54. The monoisotopic (exact) mass is 433 g/mol. The van der Waals surface area contributed by atoms with Crippen molar-refractivity contribution in [1.29, 1.82) is 0 Å². The fourth-order valence-electron chi connectivity index (χ4n) is 5.91. The first kappa shape index (κ1) is 20.6. The van der Waals surface area contributed by atoms with Crippen LogP contribution in [0.1, 0.15) is 45.7 Å². The van der Waals surface area contributed by atoms with Crippen molar-refractivity contribution >= 4 is 22.4 Å². The van der Waals surface area contributed by atoms with Crippen molar-refractivity contribution in [3.63, 3.8) is 0 Å². The van der Waals surface area contributed by atoms with Crippen molar-refractivity contribution in [1.82, 2.24) is 15.0 Å². The van der Waals surface area contributed by atoms with Gasteiger partial charge in [-0.3, -0.25) is 10.1 Å². The van der Waals surface area contributed by atoms with Crippen LogP contribution in [0.5, 0.6) is 11.6 Å². The van der Waals surface area contributed by atoms with E-state index < -0.39 is 4.92 Å². The number of ether oxygens (including phenoxy) is 1. The number of anilines is 1. The third-order valence-corrected chi connectivity index (χ3v) is 6.67. The molecule has 166 valence electrons. The minimum atomic E-state index is -0.426. The molecule has 1 saturated carbocycles. The largest absolute Gasteiger partial charge is 0.431 e. The standard InChI is InChI=1S/C24H27N5O3/c1-15-8-9-16-6-5-7-18(19(16)27-15)32-22-20(29(30)31)21(25-14-26-22)28-13-24(4)11-17(28)10-23(2,3)12-24/h5-9,14,17H,10-13H2,1-4H3. The maximum atomic E-state index is 12.2. The Kier molecular flexibility index (Phi) is 4.58. The molecule has 5 rings (SSSR count). The summed E-state index contributed by atoms with van der Waals surface area (Å²) in [4.78, 5) is 27.0. The molecule has 32 heavy (non-hydrogen) atoms. The lowest BCUT2D eigenvalue weighted by atomic mass is 9.65. The van der Waals surface area contributed by atoms with E-state index in [0.29, 0.717) is 17.1 Å². The van der Waals surface area contributed by atoms with Crippen LogP contribution in [0.3, 0.4) is 0 Å². The van der Waals surface area contributed by atoms with Crippen molar-refractivity contribution in [2.75, 3.05) is 11.4 Å². The van der Waals surface area contributed by atoms with E-state index in [9.17, 15) is 10.1 Å². The third kappa shape index (κ3) is 3.53. The van der Waals surface area contributed by atoms with Gasteiger partial charge in [-0.15, -0.1) is 0 Å². The summed E-state index contributed by atoms with van der Waals surface area (Å²) >= 11 is 0. The van der Waals surface area contributed by atoms with Crippen molar-refractivity contribution in [3.05, 3.63) is 52.5 Å². The van der Waals surface area contributed by atoms with Crippen LogP contribution in [0.4, 0.5) is 11.5 Å². The SMILES string of the molecule is Cc1ccc2cccc(Oc3ncnc(N4CC5(C)CC4CC(C)(C)C5)c3[N+](=O)[O-])c2n1. The molecule has 2 bridgehead atoms. The van der Waals surface area contributed by atoms with Gasteiger partial charge in [0.15, 0.2) is 5.75 Å². The van der Waals surface area contributed by atoms with Crippen LogP contribution in [-0.4, -0.2) is 32.5 Å². The van der Waals surface area contributed by atoms with Crippen LogP contribution in [-0.2, 0) is 0 Å². The average molecular weight is 434 g/mol. The molecule has 0 spiro atoms. The van der Waals surface area contributed by atoms with Crippen molar-refractivity contribution in [3.8, 4) is 11.6 Å². The molecule has 2 atom stereocenters. The second-order valence-corrected chi connectivity index (χ2v) is 10.3. The number of hydrogen-bond donors (Lipinski definition) is 0. The fourth-order valence-corrected chi connectivity index (χ4v) is 5.91. The minimum Gasteiger partial charge on any atom is -0.431 e. The van der Waals surface area contributed by atoms with Gasteiger partial charge < -0.3 is 9.64 Å². The van der Waals surface area contributed by atoms with Crippen LogP contribution >= 0.6 is 0 Å². The highest BCUT2D eigenvalue weighted by molar-refractivity contribution is 5.85. The van der Waals surface area contributed by atoms with Crippen LogP contribution in [0.15, 0.2) is 36.7 Å². The fraction of sp³-hybridized carbons (Fsp3) is 0.458. The van der Waals surface area contributed by atoms with Crippen molar-refractivity contribution in [2.24, 2.45) is 10.8 Å². The molecule has 0 N–H and O–H groups in total. The van der Waals surface area contributed by atoms with E-state index in [0.717, 1.165) is 36.9 Å². The Labute approximate surface area is 186 Å². The predicted octanol–water partition coefficient (Wildman–Crippen LogP) is 5.44. The topological polar surface area (TPSA) is 94.3 Å². The Morgan fingerprint density at radius 2 is 1.97 bits per heavy atom. The van der Waals surface area contributed by atoms with Gasteiger partial charge in [-0.05, 0) is 49.1 Å². The first-order chi connectivity index (χ1) is 15.1. The van der Waals surface area contributed by atoms with Crippen molar-refractivity contribution < 1.29 is 9.66 Å². The first-order valence-corrected chi connectivity index (χ1v) is 10.9. The Balaban J connectivity index is 1.58. The van der Waals surface area contributed by atoms with Gasteiger partial charge in [-0.2, -0.15) is 4.98 Å². The zero-order valence-corrected chi connectivity index (χ0v) is 18.8. The quantitative estimate of drug-likeness (QED) is 0.399. The number of rotatable bonds is 4. The number of para-hydroxylation sites is 1. The van der Waals surface area contributed by atoms with E-state index in [1.165, 1.54) is 6.33 Å². The van der Waals surface area contributed by atoms with E-state index in [2.05, 4.69) is 40.6 Å². The van der Waals surface area contributed by atoms with Gasteiger partial charge in [-0.25, -0.2) is 9.97 Å².